The van der Waals surface area contributed by atoms with Gasteiger partial charge in [0.1, 0.15) is 22.8 Å². The number of amides is 1. The van der Waals surface area contributed by atoms with E-state index in [1.54, 1.807) is 19.4 Å². The fourth-order valence-corrected chi connectivity index (χ4v) is 4.25. The Morgan fingerprint density at radius 2 is 1.58 bits per heavy atom. The molecule has 6 heteroatoms. The van der Waals surface area contributed by atoms with Crippen LogP contribution in [0.4, 0.5) is 5.69 Å². The summed E-state index contributed by atoms with van der Waals surface area (Å²) in [7, 11) is 1.63. The molecule has 1 amide bonds. The van der Waals surface area contributed by atoms with Gasteiger partial charge in [0.25, 0.3) is 0 Å². The minimum Gasteiger partial charge on any atom is -0.496 e. The third-order valence-corrected chi connectivity index (χ3v) is 5.93. The van der Waals surface area contributed by atoms with Crippen LogP contribution < -0.4 is 19.5 Å². The average Bonchev–Trinajstić information content (AvgIpc) is 3.30. The number of methoxy groups -OCH3 is 1. The fraction of sp³-hybridized carbons (Fsp3) is 0.233. The van der Waals surface area contributed by atoms with Crippen molar-refractivity contribution in [2.45, 2.75) is 27.7 Å². The quantitative estimate of drug-likeness (QED) is 0.253. The predicted molar refractivity (Wildman–Crippen MR) is 144 cm³/mol. The summed E-state index contributed by atoms with van der Waals surface area (Å²) in [6.45, 7) is 8.97. The number of allylic oxidation sites excluding steroid dienone is 1. The van der Waals surface area contributed by atoms with Crippen LogP contribution in [0, 0.1) is 6.92 Å². The van der Waals surface area contributed by atoms with Crippen molar-refractivity contribution >= 4 is 28.1 Å². The number of anilines is 1. The van der Waals surface area contributed by atoms with Crippen molar-refractivity contribution in [3.63, 3.8) is 0 Å². The lowest BCUT2D eigenvalue weighted by molar-refractivity contribution is -0.111. The Labute approximate surface area is 211 Å². The Bertz CT molecular complexity index is 1380. The molecule has 0 spiro atoms. The molecule has 0 saturated carbocycles. The van der Waals surface area contributed by atoms with Crippen LogP contribution in [0.1, 0.15) is 31.9 Å². The number of nitrogens with one attached hydrogen (secondary N) is 1. The van der Waals surface area contributed by atoms with Gasteiger partial charge < -0.3 is 23.9 Å². The second-order valence-corrected chi connectivity index (χ2v) is 8.34. The van der Waals surface area contributed by atoms with Crippen molar-refractivity contribution in [1.82, 2.24) is 0 Å². The number of fused-ring (bicyclic) bond motifs is 1. The number of aryl methyl sites for hydroxylation is 1. The molecule has 1 heterocycles. The Morgan fingerprint density at radius 1 is 0.972 bits per heavy atom. The molecule has 4 rings (SSSR count). The highest BCUT2D eigenvalue weighted by atomic mass is 16.5. The molecule has 0 aliphatic heterocycles. The maximum Gasteiger partial charge on any atom is 0.248 e. The van der Waals surface area contributed by atoms with E-state index in [9.17, 15) is 4.79 Å². The van der Waals surface area contributed by atoms with E-state index in [0.717, 1.165) is 50.3 Å². The van der Waals surface area contributed by atoms with Gasteiger partial charge in [-0.25, -0.2) is 0 Å². The first-order valence-corrected chi connectivity index (χ1v) is 12.0. The van der Waals surface area contributed by atoms with Crippen LogP contribution in [0.3, 0.4) is 0 Å². The molecule has 6 nitrogen and oxygen atoms in total. The number of benzene rings is 3. The second-order valence-electron chi connectivity index (χ2n) is 8.34. The van der Waals surface area contributed by atoms with Gasteiger partial charge in [0.2, 0.25) is 5.91 Å². The topological polar surface area (TPSA) is 69.9 Å². The maximum absolute atomic E-state index is 12.8. The van der Waals surface area contributed by atoms with Crippen molar-refractivity contribution in [3.05, 3.63) is 78.1 Å². The van der Waals surface area contributed by atoms with Gasteiger partial charge in [-0.1, -0.05) is 12.1 Å². The van der Waals surface area contributed by atoms with Crippen molar-refractivity contribution < 1.29 is 23.4 Å². The number of furan rings is 1. The summed E-state index contributed by atoms with van der Waals surface area (Å²) in [5, 5.41) is 3.86. The molecule has 36 heavy (non-hydrogen) atoms. The van der Waals surface area contributed by atoms with E-state index in [4.69, 9.17) is 18.6 Å². The zero-order valence-corrected chi connectivity index (χ0v) is 21.3. The van der Waals surface area contributed by atoms with Crippen LogP contribution in [0.5, 0.6) is 17.2 Å². The third-order valence-electron chi connectivity index (χ3n) is 5.93. The normalized spacial score (nSPS) is 11.4. The van der Waals surface area contributed by atoms with Gasteiger partial charge in [-0.15, -0.1) is 0 Å². The fourth-order valence-electron chi connectivity index (χ4n) is 4.25. The molecule has 1 aromatic heterocycles. The predicted octanol–water partition coefficient (Wildman–Crippen LogP) is 7.26. The molecule has 4 aromatic rings. The van der Waals surface area contributed by atoms with E-state index < -0.39 is 0 Å². The molecule has 0 aliphatic carbocycles. The smallest absolute Gasteiger partial charge is 0.248 e. The number of hydrogen-bond donors (Lipinski definition) is 1. The average molecular weight is 486 g/mol. The molecule has 0 radical (unpaired) electrons. The van der Waals surface area contributed by atoms with Gasteiger partial charge >= 0.3 is 0 Å². The first-order valence-electron chi connectivity index (χ1n) is 12.0. The van der Waals surface area contributed by atoms with Crippen LogP contribution in [0.2, 0.25) is 0 Å². The minimum atomic E-state index is -0.226. The Morgan fingerprint density at radius 3 is 2.17 bits per heavy atom. The van der Waals surface area contributed by atoms with E-state index in [2.05, 4.69) is 5.32 Å². The molecule has 0 aliphatic rings. The Kier molecular flexibility index (Phi) is 7.64. The van der Waals surface area contributed by atoms with E-state index in [0.29, 0.717) is 24.7 Å². The minimum absolute atomic E-state index is 0.226. The first-order chi connectivity index (χ1) is 17.4. The van der Waals surface area contributed by atoms with Crippen molar-refractivity contribution in [2.24, 2.45) is 0 Å². The van der Waals surface area contributed by atoms with E-state index in [1.807, 2.05) is 82.3 Å². The third kappa shape index (κ3) is 5.23. The summed E-state index contributed by atoms with van der Waals surface area (Å²) in [6, 6.07) is 17.2. The van der Waals surface area contributed by atoms with Gasteiger partial charge in [-0.2, -0.15) is 0 Å². The SMILES string of the molecule is CCOc1ccc(NC(=O)/C=C(\C)c2cc3c(-c4ccc(OCC)cc4)coc3c(C)c2OC)cc1. The standard InChI is InChI=1S/C30H31NO5/c1-6-34-23-12-8-21(9-13-23)27-18-36-30-20(4)29(33-5)25(17-26(27)30)19(3)16-28(32)31-22-10-14-24(15-11-22)35-7-2/h8-18H,6-7H2,1-5H3,(H,31,32)/b19-16+. The van der Waals surface area contributed by atoms with Gasteiger partial charge in [0, 0.05) is 33.8 Å². The van der Waals surface area contributed by atoms with E-state index in [1.165, 1.54) is 0 Å². The molecular weight excluding hydrogens is 454 g/mol. The number of carbonyl (C=O) groups excluding carboxylic acids is 1. The molecule has 0 bridgehead atoms. The molecule has 3 aromatic carbocycles. The van der Waals surface area contributed by atoms with Crippen LogP contribution in [0.25, 0.3) is 27.7 Å². The monoisotopic (exact) mass is 485 g/mol. The van der Waals surface area contributed by atoms with Crippen LogP contribution >= 0.6 is 0 Å². The van der Waals surface area contributed by atoms with Gasteiger partial charge in [-0.05, 0) is 81.3 Å². The van der Waals surface area contributed by atoms with Gasteiger partial charge in [0.15, 0.2) is 0 Å². The molecule has 0 unspecified atom stereocenters. The number of hydrogen-bond acceptors (Lipinski definition) is 5. The highest BCUT2D eigenvalue weighted by Gasteiger charge is 2.19. The molecule has 1 N–H and O–H groups in total. The largest absolute Gasteiger partial charge is 0.496 e. The summed E-state index contributed by atoms with van der Waals surface area (Å²) < 4.78 is 22.7. The van der Waals surface area contributed by atoms with Crippen LogP contribution in [0.15, 0.2) is 71.4 Å². The summed E-state index contributed by atoms with van der Waals surface area (Å²) in [6.07, 6.45) is 3.34. The molecule has 0 saturated heterocycles. The molecule has 0 atom stereocenters. The molecular formula is C30H31NO5. The summed E-state index contributed by atoms with van der Waals surface area (Å²) in [5.41, 5.74) is 5.91. The van der Waals surface area contributed by atoms with E-state index >= 15 is 0 Å². The lowest BCUT2D eigenvalue weighted by Crippen LogP contribution is -2.08. The highest BCUT2D eigenvalue weighted by Crippen LogP contribution is 2.40. The first kappa shape index (κ1) is 24.9. The lowest BCUT2D eigenvalue weighted by Gasteiger charge is -2.13. The van der Waals surface area contributed by atoms with Crippen LogP contribution in [-0.2, 0) is 4.79 Å². The zero-order valence-electron chi connectivity index (χ0n) is 21.3. The number of rotatable bonds is 9. The summed E-state index contributed by atoms with van der Waals surface area (Å²) in [5.74, 6) is 2.04. The van der Waals surface area contributed by atoms with E-state index in [-0.39, 0.29) is 5.91 Å². The zero-order chi connectivity index (χ0) is 25.7. The van der Waals surface area contributed by atoms with Gasteiger partial charge in [0.05, 0.1) is 26.6 Å². The molecule has 0 fully saturated rings. The Balaban J connectivity index is 1.67. The number of carbonyl (C=O) groups is 1. The van der Waals surface area contributed by atoms with Crippen molar-refractivity contribution in [3.8, 4) is 28.4 Å². The lowest BCUT2D eigenvalue weighted by atomic mass is 9.96. The highest BCUT2D eigenvalue weighted by molar-refractivity contribution is 6.06. The van der Waals surface area contributed by atoms with Crippen molar-refractivity contribution in [1.29, 1.82) is 0 Å². The Hall–Kier alpha value is -4.19. The van der Waals surface area contributed by atoms with Gasteiger partial charge in [-0.3, -0.25) is 4.79 Å². The molecule has 186 valence electrons. The summed E-state index contributed by atoms with van der Waals surface area (Å²) in [4.78, 5) is 12.8. The maximum atomic E-state index is 12.8. The van der Waals surface area contributed by atoms with Crippen LogP contribution in [-0.4, -0.2) is 26.2 Å². The van der Waals surface area contributed by atoms with Crippen molar-refractivity contribution in [2.75, 3.05) is 25.6 Å². The number of ether oxygens (including phenoxy) is 3. The second kappa shape index (κ2) is 11.0. The summed E-state index contributed by atoms with van der Waals surface area (Å²) >= 11 is 0.